The lowest BCUT2D eigenvalue weighted by Gasteiger charge is -2.18. The predicted molar refractivity (Wildman–Crippen MR) is 108 cm³/mol. The highest BCUT2D eigenvalue weighted by Crippen LogP contribution is 2.25. The summed E-state index contributed by atoms with van der Waals surface area (Å²) in [4.78, 5) is 17.0. The standard InChI is InChI=1S/C22H21N5O2/c1-3-27-15(2)18(14-24-27)19-13-20(29-26-19)22(28)25-21(16-7-5-4-6-8-16)17-9-11-23-12-10-17/h4-14,21H,3H2,1-2H3,(H,25,28)/t21-/m0/s1. The van der Waals surface area contributed by atoms with Crippen molar-refractivity contribution >= 4 is 5.91 Å². The Bertz CT molecular complexity index is 1060. The summed E-state index contributed by atoms with van der Waals surface area (Å²) >= 11 is 0. The number of pyridine rings is 1. The Morgan fingerprint density at radius 2 is 1.86 bits per heavy atom. The van der Waals surface area contributed by atoms with Crippen LogP contribution in [0.4, 0.5) is 0 Å². The maximum atomic E-state index is 12.9. The Balaban J connectivity index is 1.60. The highest BCUT2D eigenvalue weighted by Gasteiger charge is 2.22. The molecule has 29 heavy (non-hydrogen) atoms. The molecule has 0 fully saturated rings. The third kappa shape index (κ3) is 3.80. The maximum Gasteiger partial charge on any atom is 0.290 e. The van der Waals surface area contributed by atoms with Gasteiger partial charge in [-0.3, -0.25) is 14.5 Å². The third-order valence-corrected chi connectivity index (χ3v) is 4.86. The van der Waals surface area contributed by atoms with Crippen LogP contribution in [-0.4, -0.2) is 25.8 Å². The molecule has 7 nitrogen and oxygen atoms in total. The van der Waals surface area contributed by atoms with Gasteiger partial charge in [0.2, 0.25) is 5.76 Å². The van der Waals surface area contributed by atoms with Crippen LogP contribution in [0.1, 0.15) is 40.3 Å². The molecule has 0 aliphatic carbocycles. The van der Waals surface area contributed by atoms with Gasteiger partial charge in [0.25, 0.3) is 5.91 Å². The van der Waals surface area contributed by atoms with Crippen LogP contribution in [0, 0.1) is 6.92 Å². The quantitative estimate of drug-likeness (QED) is 0.544. The van der Waals surface area contributed by atoms with Crippen LogP contribution in [-0.2, 0) is 6.54 Å². The third-order valence-electron chi connectivity index (χ3n) is 4.86. The first-order chi connectivity index (χ1) is 14.2. The van der Waals surface area contributed by atoms with Gasteiger partial charge in [-0.25, -0.2) is 0 Å². The van der Waals surface area contributed by atoms with Gasteiger partial charge in [0.1, 0.15) is 5.69 Å². The second-order valence-corrected chi connectivity index (χ2v) is 6.63. The second-order valence-electron chi connectivity index (χ2n) is 6.63. The Morgan fingerprint density at radius 3 is 2.55 bits per heavy atom. The minimum absolute atomic E-state index is 0.152. The minimum Gasteiger partial charge on any atom is -0.350 e. The number of hydrogen-bond donors (Lipinski definition) is 1. The number of carbonyl (C=O) groups excluding carboxylic acids is 1. The zero-order chi connectivity index (χ0) is 20.2. The molecule has 3 heterocycles. The molecule has 0 radical (unpaired) electrons. The van der Waals surface area contributed by atoms with E-state index in [9.17, 15) is 4.79 Å². The van der Waals surface area contributed by atoms with Crippen molar-refractivity contribution in [2.45, 2.75) is 26.4 Å². The van der Waals surface area contributed by atoms with Crippen molar-refractivity contribution in [2.75, 3.05) is 0 Å². The number of benzene rings is 1. The lowest BCUT2D eigenvalue weighted by atomic mass is 9.99. The van der Waals surface area contributed by atoms with Crippen molar-refractivity contribution in [3.63, 3.8) is 0 Å². The highest BCUT2D eigenvalue weighted by atomic mass is 16.5. The summed E-state index contributed by atoms with van der Waals surface area (Å²) in [6, 6.07) is 14.8. The van der Waals surface area contributed by atoms with Crippen LogP contribution in [0.15, 0.2) is 71.6 Å². The van der Waals surface area contributed by atoms with Crippen molar-refractivity contribution in [1.82, 2.24) is 25.2 Å². The fourth-order valence-corrected chi connectivity index (χ4v) is 3.29. The normalized spacial score (nSPS) is 11.9. The van der Waals surface area contributed by atoms with E-state index in [1.54, 1.807) is 24.7 Å². The van der Waals surface area contributed by atoms with E-state index < -0.39 is 0 Å². The Hall–Kier alpha value is -3.74. The molecule has 0 aliphatic rings. The first-order valence-electron chi connectivity index (χ1n) is 9.42. The van der Waals surface area contributed by atoms with Crippen LogP contribution < -0.4 is 5.32 Å². The number of amides is 1. The van der Waals surface area contributed by atoms with E-state index in [-0.39, 0.29) is 17.7 Å². The van der Waals surface area contributed by atoms with Crippen molar-refractivity contribution in [3.8, 4) is 11.3 Å². The molecule has 0 bridgehead atoms. The van der Waals surface area contributed by atoms with Gasteiger partial charge in [-0.2, -0.15) is 5.10 Å². The molecule has 4 aromatic rings. The molecule has 0 spiro atoms. The van der Waals surface area contributed by atoms with Crippen LogP contribution in [0.25, 0.3) is 11.3 Å². The SMILES string of the molecule is CCn1ncc(-c2cc(C(=O)N[C@@H](c3ccccc3)c3ccncc3)on2)c1C. The van der Waals surface area contributed by atoms with Gasteiger partial charge in [-0.05, 0) is 37.1 Å². The Morgan fingerprint density at radius 1 is 1.14 bits per heavy atom. The number of carbonyl (C=O) groups is 1. The summed E-state index contributed by atoms with van der Waals surface area (Å²) < 4.78 is 7.21. The van der Waals surface area contributed by atoms with E-state index >= 15 is 0 Å². The molecule has 1 aromatic carbocycles. The van der Waals surface area contributed by atoms with Crippen molar-refractivity contribution in [1.29, 1.82) is 0 Å². The summed E-state index contributed by atoms with van der Waals surface area (Å²) in [5.74, 6) is -0.186. The number of nitrogens with zero attached hydrogens (tertiary/aromatic N) is 4. The van der Waals surface area contributed by atoms with Crippen LogP contribution in [0.2, 0.25) is 0 Å². The van der Waals surface area contributed by atoms with E-state index in [0.29, 0.717) is 5.69 Å². The summed E-state index contributed by atoms with van der Waals surface area (Å²) in [6.07, 6.45) is 5.15. The van der Waals surface area contributed by atoms with Gasteiger partial charge in [-0.15, -0.1) is 0 Å². The zero-order valence-corrected chi connectivity index (χ0v) is 16.2. The van der Waals surface area contributed by atoms with Crippen LogP contribution in [0.3, 0.4) is 0 Å². The first-order valence-corrected chi connectivity index (χ1v) is 9.42. The van der Waals surface area contributed by atoms with Gasteiger partial charge >= 0.3 is 0 Å². The molecule has 1 N–H and O–H groups in total. The number of rotatable bonds is 6. The van der Waals surface area contributed by atoms with E-state index in [1.165, 1.54) is 0 Å². The molecular weight excluding hydrogens is 366 g/mol. The number of aryl methyl sites for hydroxylation is 1. The van der Waals surface area contributed by atoms with Crippen molar-refractivity contribution in [2.24, 2.45) is 0 Å². The molecule has 1 amide bonds. The molecule has 0 aliphatic heterocycles. The molecule has 4 rings (SSSR count). The maximum absolute atomic E-state index is 12.9. The summed E-state index contributed by atoms with van der Waals surface area (Å²) in [5.41, 5.74) is 4.31. The summed E-state index contributed by atoms with van der Waals surface area (Å²) in [5, 5.41) is 11.4. The minimum atomic E-state index is -0.338. The Labute approximate surface area is 168 Å². The zero-order valence-electron chi connectivity index (χ0n) is 16.2. The Kier molecular flexibility index (Phi) is 5.20. The van der Waals surface area contributed by atoms with E-state index in [1.807, 2.05) is 61.0 Å². The van der Waals surface area contributed by atoms with Gasteiger partial charge in [-0.1, -0.05) is 35.5 Å². The van der Waals surface area contributed by atoms with E-state index in [0.717, 1.165) is 28.9 Å². The molecule has 7 heteroatoms. The topological polar surface area (TPSA) is 85.8 Å². The first kappa shape index (κ1) is 18.6. The van der Waals surface area contributed by atoms with Gasteiger partial charge in [0, 0.05) is 36.3 Å². The number of aromatic nitrogens is 4. The van der Waals surface area contributed by atoms with E-state index in [2.05, 4.69) is 20.6 Å². The average Bonchev–Trinajstić information content (AvgIpc) is 3.39. The lowest BCUT2D eigenvalue weighted by Crippen LogP contribution is -2.29. The molecule has 0 saturated carbocycles. The second kappa shape index (κ2) is 8.10. The van der Waals surface area contributed by atoms with Gasteiger partial charge < -0.3 is 9.84 Å². The van der Waals surface area contributed by atoms with Crippen LogP contribution >= 0.6 is 0 Å². The molecule has 3 aromatic heterocycles. The molecule has 1 atom stereocenters. The number of hydrogen-bond acceptors (Lipinski definition) is 5. The largest absolute Gasteiger partial charge is 0.350 e. The molecule has 0 unspecified atom stereocenters. The number of nitrogens with one attached hydrogen (secondary N) is 1. The van der Waals surface area contributed by atoms with Crippen molar-refractivity contribution in [3.05, 3.63) is 89.7 Å². The fourth-order valence-electron chi connectivity index (χ4n) is 3.29. The summed E-state index contributed by atoms with van der Waals surface area (Å²) in [7, 11) is 0. The lowest BCUT2D eigenvalue weighted by molar-refractivity contribution is 0.0906. The fraction of sp³-hybridized carbons (Fsp3) is 0.182. The van der Waals surface area contributed by atoms with Gasteiger partial charge in [0.15, 0.2) is 0 Å². The predicted octanol–water partition coefficient (Wildman–Crippen LogP) is 3.78. The average molecular weight is 387 g/mol. The van der Waals surface area contributed by atoms with Gasteiger partial charge in [0.05, 0.1) is 12.2 Å². The van der Waals surface area contributed by atoms with E-state index in [4.69, 9.17) is 4.52 Å². The molecule has 146 valence electrons. The smallest absolute Gasteiger partial charge is 0.290 e. The van der Waals surface area contributed by atoms with Crippen LogP contribution in [0.5, 0.6) is 0 Å². The molecule has 0 saturated heterocycles. The monoisotopic (exact) mass is 387 g/mol. The molecular formula is C22H21N5O2. The van der Waals surface area contributed by atoms with Crippen molar-refractivity contribution < 1.29 is 9.32 Å². The summed E-state index contributed by atoms with van der Waals surface area (Å²) in [6.45, 7) is 4.76. The highest BCUT2D eigenvalue weighted by molar-refractivity contribution is 5.93.